The van der Waals surface area contributed by atoms with Gasteiger partial charge in [-0.3, -0.25) is 9.59 Å². The SMILES string of the molecule is CC(CC(=O)O)CC(=O)N1CCc2sccc2C1. The lowest BCUT2D eigenvalue weighted by atomic mass is 10.0. The number of amides is 1. The number of nitrogens with zero attached hydrogens (tertiary/aromatic N) is 1. The first kappa shape index (κ1) is 13.1. The summed E-state index contributed by atoms with van der Waals surface area (Å²) in [5.74, 6) is -0.867. The Kier molecular flexibility index (Phi) is 4.01. The number of thiophene rings is 1. The van der Waals surface area contributed by atoms with E-state index in [0.29, 0.717) is 13.0 Å². The van der Waals surface area contributed by atoms with Crippen LogP contribution in [0.1, 0.15) is 30.2 Å². The summed E-state index contributed by atoms with van der Waals surface area (Å²) in [5, 5.41) is 10.7. The minimum atomic E-state index is -0.839. The summed E-state index contributed by atoms with van der Waals surface area (Å²) in [5.41, 5.74) is 1.24. The van der Waals surface area contributed by atoms with Gasteiger partial charge in [0.2, 0.25) is 5.91 Å². The van der Waals surface area contributed by atoms with Crippen molar-refractivity contribution in [1.29, 1.82) is 0 Å². The molecule has 1 aromatic rings. The predicted octanol–water partition coefficient (Wildman–Crippen LogP) is 2.13. The molecule has 0 saturated carbocycles. The number of hydrogen-bond donors (Lipinski definition) is 1. The fraction of sp³-hybridized carbons (Fsp3) is 0.538. The van der Waals surface area contributed by atoms with Crippen molar-refractivity contribution in [2.45, 2.75) is 32.7 Å². The van der Waals surface area contributed by atoms with Crippen LogP contribution in [0.2, 0.25) is 0 Å². The minimum Gasteiger partial charge on any atom is -0.481 e. The molecular formula is C13H17NO3S. The molecule has 2 heterocycles. The van der Waals surface area contributed by atoms with E-state index in [4.69, 9.17) is 5.11 Å². The van der Waals surface area contributed by atoms with Crippen LogP contribution in [-0.4, -0.2) is 28.4 Å². The first-order valence-electron chi connectivity index (χ1n) is 6.11. The second-order valence-electron chi connectivity index (χ2n) is 4.84. The summed E-state index contributed by atoms with van der Waals surface area (Å²) >= 11 is 1.75. The highest BCUT2D eigenvalue weighted by Crippen LogP contribution is 2.25. The molecule has 2 rings (SSSR count). The van der Waals surface area contributed by atoms with Gasteiger partial charge in [-0.05, 0) is 29.3 Å². The molecule has 0 fully saturated rings. The monoisotopic (exact) mass is 267 g/mol. The van der Waals surface area contributed by atoms with Gasteiger partial charge in [0.15, 0.2) is 0 Å². The van der Waals surface area contributed by atoms with Crippen LogP contribution in [0.15, 0.2) is 11.4 Å². The zero-order valence-electron chi connectivity index (χ0n) is 10.4. The van der Waals surface area contributed by atoms with E-state index in [1.54, 1.807) is 11.3 Å². The highest BCUT2D eigenvalue weighted by molar-refractivity contribution is 7.10. The molecule has 1 atom stereocenters. The lowest BCUT2D eigenvalue weighted by Gasteiger charge is -2.28. The average Bonchev–Trinajstić information content (AvgIpc) is 2.74. The Morgan fingerprint density at radius 1 is 1.50 bits per heavy atom. The maximum atomic E-state index is 12.1. The van der Waals surface area contributed by atoms with Crippen molar-refractivity contribution >= 4 is 23.2 Å². The Labute approximate surface area is 110 Å². The van der Waals surface area contributed by atoms with Crippen molar-refractivity contribution < 1.29 is 14.7 Å². The molecule has 1 unspecified atom stereocenters. The van der Waals surface area contributed by atoms with E-state index in [2.05, 4.69) is 11.4 Å². The summed E-state index contributed by atoms with van der Waals surface area (Å²) in [4.78, 5) is 25.8. The second kappa shape index (κ2) is 5.52. The van der Waals surface area contributed by atoms with Crippen LogP contribution in [0.25, 0.3) is 0 Å². The maximum absolute atomic E-state index is 12.1. The van der Waals surface area contributed by atoms with Gasteiger partial charge in [-0.1, -0.05) is 6.92 Å². The first-order chi connectivity index (χ1) is 8.56. The van der Waals surface area contributed by atoms with Crippen LogP contribution in [0.5, 0.6) is 0 Å². The number of carbonyl (C=O) groups excluding carboxylic acids is 1. The molecule has 0 radical (unpaired) electrons. The third kappa shape index (κ3) is 3.10. The number of hydrogen-bond acceptors (Lipinski definition) is 3. The van der Waals surface area contributed by atoms with Crippen molar-refractivity contribution in [3.63, 3.8) is 0 Å². The van der Waals surface area contributed by atoms with E-state index in [-0.39, 0.29) is 18.2 Å². The van der Waals surface area contributed by atoms with E-state index in [1.165, 1.54) is 10.4 Å². The van der Waals surface area contributed by atoms with Crippen molar-refractivity contribution in [3.05, 3.63) is 21.9 Å². The van der Waals surface area contributed by atoms with Crippen molar-refractivity contribution in [3.8, 4) is 0 Å². The fourth-order valence-corrected chi connectivity index (χ4v) is 3.15. The summed E-state index contributed by atoms with van der Waals surface area (Å²) in [6.07, 6.45) is 1.31. The highest BCUT2D eigenvalue weighted by atomic mass is 32.1. The minimum absolute atomic E-state index is 0.0588. The highest BCUT2D eigenvalue weighted by Gasteiger charge is 2.23. The number of carboxylic acid groups (broad SMARTS) is 1. The third-order valence-corrected chi connectivity index (χ3v) is 4.23. The number of carboxylic acids is 1. The third-order valence-electron chi connectivity index (χ3n) is 3.21. The van der Waals surface area contributed by atoms with Gasteiger partial charge in [0, 0.05) is 30.8 Å². The molecule has 1 N–H and O–H groups in total. The van der Waals surface area contributed by atoms with Gasteiger partial charge in [-0.25, -0.2) is 0 Å². The molecule has 98 valence electrons. The average molecular weight is 267 g/mol. The van der Waals surface area contributed by atoms with Crippen LogP contribution in [-0.2, 0) is 22.6 Å². The lowest BCUT2D eigenvalue weighted by molar-refractivity contribution is -0.138. The normalized spacial score (nSPS) is 16.2. The van der Waals surface area contributed by atoms with Gasteiger partial charge in [-0.15, -0.1) is 11.3 Å². The van der Waals surface area contributed by atoms with Gasteiger partial charge in [-0.2, -0.15) is 0 Å². The fourth-order valence-electron chi connectivity index (χ4n) is 2.26. The largest absolute Gasteiger partial charge is 0.481 e. The Morgan fingerprint density at radius 2 is 2.28 bits per heavy atom. The molecule has 0 saturated heterocycles. The molecule has 1 amide bonds. The zero-order chi connectivity index (χ0) is 13.1. The predicted molar refractivity (Wildman–Crippen MR) is 69.5 cm³/mol. The van der Waals surface area contributed by atoms with E-state index in [9.17, 15) is 9.59 Å². The Hall–Kier alpha value is -1.36. The molecule has 18 heavy (non-hydrogen) atoms. The Bertz CT molecular complexity index is 455. The number of fused-ring (bicyclic) bond motifs is 1. The molecule has 0 spiro atoms. The molecule has 1 aromatic heterocycles. The van der Waals surface area contributed by atoms with Gasteiger partial charge in [0.25, 0.3) is 0 Å². The van der Waals surface area contributed by atoms with Gasteiger partial charge < -0.3 is 10.0 Å². The van der Waals surface area contributed by atoms with Crippen molar-refractivity contribution in [1.82, 2.24) is 4.90 Å². The first-order valence-corrected chi connectivity index (χ1v) is 6.99. The summed E-state index contributed by atoms with van der Waals surface area (Å²) in [6, 6.07) is 2.07. The molecule has 1 aliphatic rings. The van der Waals surface area contributed by atoms with Gasteiger partial charge >= 0.3 is 5.97 Å². The van der Waals surface area contributed by atoms with Gasteiger partial charge in [0.1, 0.15) is 0 Å². The molecule has 1 aliphatic heterocycles. The van der Waals surface area contributed by atoms with E-state index < -0.39 is 5.97 Å². The number of aliphatic carboxylic acids is 1. The maximum Gasteiger partial charge on any atom is 0.303 e. The quantitative estimate of drug-likeness (QED) is 0.909. The molecule has 0 bridgehead atoms. The second-order valence-corrected chi connectivity index (χ2v) is 5.84. The molecule has 4 nitrogen and oxygen atoms in total. The van der Waals surface area contributed by atoms with Crippen LogP contribution in [0.4, 0.5) is 0 Å². The molecule has 5 heteroatoms. The van der Waals surface area contributed by atoms with Crippen LogP contribution in [0.3, 0.4) is 0 Å². The van der Waals surface area contributed by atoms with Crippen LogP contribution in [0, 0.1) is 5.92 Å². The summed E-state index contributed by atoms with van der Waals surface area (Å²) < 4.78 is 0. The summed E-state index contributed by atoms with van der Waals surface area (Å²) in [7, 11) is 0. The van der Waals surface area contributed by atoms with E-state index >= 15 is 0 Å². The van der Waals surface area contributed by atoms with Crippen molar-refractivity contribution in [2.75, 3.05) is 6.54 Å². The Balaban J connectivity index is 1.89. The van der Waals surface area contributed by atoms with E-state index in [1.807, 2.05) is 11.8 Å². The molecule has 0 aromatic carbocycles. The van der Waals surface area contributed by atoms with Crippen LogP contribution >= 0.6 is 11.3 Å². The molecular weight excluding hydrogens is 250 g/mol. The van der Waals surface area contributed by atoms with Gasteiger partial charge in [0.05, 0.1) is 0 Å². The van der Waals surface area contributed by atoms with Crippen LogP contribution < -0.4 is 0 Å². The standard InChI is InChI=1S/C13H17NO3S/c1-9(7-13(16)17)6-12(15)14-4-2-11-10(8-14)3-5-18-11/h3,5,9H,2,4,6-8H2,1H3,(H,16,17). The lowest BCUT2D eigenvalue weighted by Crippen LogP contribution is -2.36. The Morgan fingerprint density at radius 3 is 3.00 bits per heavy atom. The summed E-state index contributed by atoms with van der Waals surface area (Å²) in [6.45, 7) is 3.25. The van der Waals surface area contributed by atoms with E-state index in [0.717, 1.165) is 13.0 Å². The zero-order valence-corrected chi connectivity index (χ0v) is 11.2. The topological polar surface area (TPSA) is 57.6 Å². The number of rotatable bonds is 4. The molecule has 0 aliphatic carbocycles. The smallest absolute Gasteiger partial charge is 0.303 e. The van der Waals surface area contributed by atoms with Crippen molar-refractivity contribution in [2.24, 2.45) is 5.92 Å². The number of carbonyl (C=O) groups is 2.